The van der Waals surface area contributed by atoms with Gasteiger partial charge in [0, 0.05) is 12.3 Å². The maximum absolute atomic E-state index is 11.5. The molecule has 0 aromatic carbocycles. The van der Waals surface area contributed by atoms with E-state index in [1.165, 1.54) is 57.8 Å². The molecule has 4 heteroatoms. The van der Waals surface area contributed by atoms with Gasteiger partial charge in [-0.1, -0.05) is 83.2 Å². The molecule has 0 amide bonds. The van der Waals surface area contributed by atoms with Crippen molar-refractivity contribution in [3.8, 4) is 0 Å². The highest BCUT2D eigenvalue weighted by molar-refractivity contribution is 5.69. The highest BCUT2D eigenvalue weighted by Gasteiger charge is 2.07. The second kappa shape index (κ2) is 16.4. The Balaban J connectivity index is 3.21. The molecule has 0 saturated carbocycles. The van der Waals surface area contributed by atoms with Crippen molar-refractivity contribution in [3.63, 3.8) is 0 Å². The van der Waals surface area contributed by atoms with Gasteiger partial charge in [-0.15, -0.1) is 0 Å². The van der Waals surface area contributed by atoms with E-state index in [0.29, 0.717) is 13.0 Å². The van der Waals surface area contributed by atoms with E-state index in [1.54, 1.807) is 0 Å². The summed E-state index contributed by atoms with van der Waals surface area (Å²) in [6.07, 6.45) is 14.5. The van der Waals surface area contributed by atoms with Crippen molar-refractivity contribution in [1.82, 2.24) is 0 Å². The SMILES string of the molecule is CCCCCCCCCCCCCC(=O)OCC(C)CN=O. The number of carbonyl (C=O) groups excluding carboxylic acids is 1. The summed E-state index contributed by atoms with van der Waals surface area (Å²) >= 11 is 0. The van der Waals surface area contributed by atoms with Gasteiger partial charge in [0.05, 0.1) is 13.2 Å². The summed E-state index contributed by atoms with van der Waals surface area (Å²) in [5, 5.41) is 2.80. The summed E-state index contributed by atoms with van der Waals surface area (Å²) < 4.78 is 5.11. The number of esters is 1. The zero-order valence-electron chi connectivity index (χ0n) is 14.6. The lowest BCUT2D eigenvalue weighted by Crippen LogP contribution is -2.13. The number of unbranched alkanes of at least 4 members (excludes halogenated alkanes) is 10. The van der Waals surface area contributed by atoms with E-state index in [-0.39, 0.29) is 18.4 Å². The standard InChI is InChI=1S/C18H35NO3/c1-3-4-5-6-7-8-9-10-11-12-13-14-18(20)22-16-17(2)15-19-21/h17H,3-16H2,1-2H3. The van der Waals surface area contributed by atoms with E-state index < -0.39 is 0 Å². The van der Waals surface area contributed by atoms with Gasteiger partial charge in [0.15, 0.2) is 0 Å². The minimum atomic E-state index is -0.145. The van der Waals surface area contributed by atoms with Crippen LogP contribution in [-0.4, -0.2) is 19.1 Å². The van der Waals surface area contributed by atoms with Crippen LogP contribution < -0.4 is 0 Å². The minimum absolute atomic E-state index is 0.0266. The predicted octanol–water partition coefficient (Wildman–Crippen LogP) is 5.63. The van der Waals surface area contributed by atoms with Crippen LogP contribution in [0.2, 0.25) is 0 Å². The Morgan fingerprint density at radius 2 is 1.41 bits per heavy atom. The molecule has 0 radical (unpaired) electrons. The average molecular weight is 313 g/mol. The highest BCUT2D eigenvalue weighted by Crippen LogP contribution is 2.12. The quantitative estimate of drug-likeness (QED) is 0.211. The topological polar surface area (TPSA) is 55.7 Å². The molecule has 1 unspecified atom stereocenters. The molecule has 0 heterocycles. The van der Waals surface area contributed by atoms with E-state index in [1.807, 2.05) is 6.92 Å². The van der Waals surface area contributed by atoms with Crippen molar-refractivity contribution in [3.05, 3.63) is 4.91 Å². The van der Waals surface area contributed by atoms with Crippen LogP contribution in [0.5, 0.6) is 0 Å². The number of nitroso groups, excluding NO2 is 1. The summed E-state index contributed by atoms with van der Waals surface area (Å²) in [5.41, 5.74) is 0. The Morgan fingerprint density at radius 1 is 0.909 bits per heavy atom. The molecule has 130 valence electrons. The summed E-state index contributed by atoms with van der Waals surface area (Å²) in [6, 6.07) is 0. The molecule has 1 atom stereocenters. The molecule has 0 aromatic heterocycles. The van der Waals surface area contributed by atoms with Crippen molar-refractivity contribution >= 4 is 5.97 Å². The first-order valence-electron chi connectivity index (χ1n) is 9.15. The van der Waals surface area contributed by atoms with E-state index in [4.69, 9.17) is 4.74 Å². The lowest BCUT2D eigenvalue weighted by atomic mass is 10.1. The Bertz CT molecular complexity index is 269. The number of rotatable bonds is 16. The van der Waals surface area contributed by atoms with Crippen LogP contribution in [0, 0.1) is 10.8 Å². The summed E-state index contributed by atoms with van der Waals surface area (Å²) in [5.74, 6) is -0.118. The third kappa shape index (κ3) is 15.5. The summed E-state index contributed by atoms with van der Waals surface area (Å²) in [7, 11) is 0. The van der Waals surface area contributed by atoms with Crippen LogP contribution in [0.3, 0.4) is 0 Å². The molecule has 0 aliphatic carbocycles. The lowest BCUT2D eigenvalue weighted by molar-refractivity contribution is -0.144. The molecule has 0 spiro atoms. The number of hydrogen-bond acceptors (Lipinski definition) is 4. The predicted molar refractivity (Wildman–Crippen MR) is 91.9 cm³/mol. The monoisotopic (exact) mass is 313 g/mol. The molecule has 22 heavy (non-hydrogen) atoms. The Kier molecular flexibility index (Phi) is 15.7. The smallest absolute Gasteiger partial charge is 0.305 e. The van der Waals surface area contributed by atoms with Gasteiger partial charge in [-0.2, -0.15) is 4.91 Å². The Hall–Kier alpha value is -0.930. The highest BCUT2D eigenvalue weighted by atomic mass is 16.5. The summed E-state index contributed by atoms with van der Waals surface area (Å²) in [6.45, 7) is 4.63. The molecule has 0 saturated heterocycles. The van der Waals surface area contributed by atoms with Crippen molar-refractivity contribution in [1.29, 1.82) is 0 Å². The van der Waals surface area contributed by atoms with Gasteiger partial charge in [-0.25, -0.2) is 0 Å². The molecular formula is C18H35NO3. The van der Waals surface area contributed by atoms with Crippen molar-refractivity contribution in [2.45, 2.75) is 90.9 Å². The first-order valence-corrected chi connectivity index (χ1v) is 9.15. The van der Waals surface area contributed by atoms with E-state index in [2.05, 4.69) is 12.1 Å². The van der Waals surface area contributed by atoms with Crippen molar-refractivity contribution < 1.29 is 9.53 Å². The van der Waals surface area contributed by atoms with E-state index in [9.17, 15) is 9.70 Å². The third-order valence-electron chi connectivity index (χ3n) is 3.90. The van der Waals surface area contributed by atoms with Gasteiger partial charge in [-0.05, 0) is 6.42 Å². The summed E-state index contributed by atoms with van der Waals surface area (Å²) in [4.78, 5) is 21.5. The normalized spacial score (nSPS) is 12.1. The van der Waals surface area contributed by atoms with Crippen LogP contribution in [0.25, 0.3) is 0 Å². The Morgan fingerprint density at radius 3 is 1.91 bits per heavy atom. The second-order valence-electron chi connectivity index (χ2n) is 6.39. The number of nitrogens with zero attached hydrogens (tertiary/aromatic N) is 1. The van der Waals surface area contributed by atoms with E-state index >= 15 is 0 Å². The van der Waals surface area contributed by atoms with Gasteiger partial charge < -0.3 is 4.74 Å². The van der Waals surface area contributed by atoms with Crippen LogP contribution in [0.1, 0.15) is 90.9 Å². The molecule has 0 aliphatic rings. The zero-order chi connectivity index (χ0) is 16.5. The molecule has 0 aromatic rings. The van der Waals surface area contributed by atoms with Crippen LogP contribution in [0.4, 0.5) is 0 Å². The third-order valence-corrected chi connectivity index (χ3v) is 3.90. The number of ether oxygens (including phenoxy) is 1. The van der Waals surface area contributed by atoms with Gasteiger partial charge in [0.25, 0.3) is 0 Å². The molecule has 0 fully saturated rings. The van der Waals surface area contributed by atoms with Crippen molar-refractivity contribution in [2.24, 2.45) is 11.1 Å². The van der Waals surface area contributed by atoms with Crippen LogP contribution >= 0.6 is 0 Å². The van der Waals surface area contributed by atoms with Crippen LogP contribution in [-0.2, 0) is 9.53 Å². The fourth-order valence-corrected chi connectivity index (χ4v) is 2.42. The fraction of sp³-hybridized carbons (Fsp3) is 0.944. The molecule has 4 nitrogen and oxygen atoms in total. The minimum Gasteiger partial charge on any atom is -0.465 e. The number of carbonyl (C=O) groups is 1. The van der Waals surface area contributed by atoms with Crippen molar-refractivity contribution in [2.75, 3.05) is 13.2 Å². The zero-order valence-corrected chi connectivity index (χ0v) is 14.6. The van der Waals surface area contributed by atoms with Crippen LogP contribution in [0.15, 0.2) is 5.18 Å². The molecule has 0 rings (SSSR count). The largest absolute Gasteiger partial charge is 0.465 e. The second-order valence-corrected chi connectivity index (χ2v) is 6.39. The molecular weight excluding hydrogens is 278 g/mol. The first-order chi connectivity index (χ1) is 10.7. The van der Waals surface area contributed by atoms with Gasteiger partial charge in [0.2, 0.25) is 0 Å². The molecule has 0 N–H and O–H groups in total. The molecule has 0 bridgehead atoms. The van der Waals surface area contributed by atoms with Gasteiger partial charge in [0.1, 0.15) is 0 Å². The average Bonchev–Trinajstić information content (AvgIpc) is 2.51. The first kappa shape index (κ1) is 21.1. The maximum atomic E-state index is 11.5. The maximum Gasteiger partial charge on any atom is 0.305 e. The van der Waals surface area contributed by atoms with Gasteiger partial charge in [-0.3, -0.25) is 4.79 Å². The lowest BCUT2D eigenvalue weighted by Gasteiger charge is -2.08. The Labute approximate surface area is 136 Å². The van der Waals surface area contributed by atoms with Gasteiger partial charge >= 0.3 is 5.97 Å². The fourth-order valence-electron chi connectivity index (χ4n) is 2.42. The number of hydrogen-bond donors (Lipinski definition) is 0. The molecule has 0 aliphatic heterocycles. The van der Waals surface area contributed by atoms with E-state index in [0.717, 1.165) is 12.8 Å².